The lowest BCUT2D eigenvalue weighted by Crippen LogP contribution is -2.08. The topological polar surface area (TPSA) is 35.5 Å². The number of halogens is 2. The normalized spacial score (nSPS) is 10.3. The Morgan fingerprint density at radius 2 is 2.00 bits per heavy atom. The first-order valence-electron chi connectivity index (χ1n) is 6.37. The van der Waals surface area contributed by atoms with E-state index >= 15 is 0 Å². The van der Waals surface area contributed by atoms with E-state index in [2.05, 4.69) is 6.92 Å². The van der Waals surface area contributed by atoms with Crippen molar-refractivity contribution < 1.29 is 14.3 Å². The second kappa shape index (κ2) is 9.05. The van der Waals surface area contributed by atoms with Gasteiger partial charge >= 0.3 is 5.97 Å². The Morgan fingerprint density at radius 3 is 2.68 bits per heavy atom. The Balaban J connectivity index is 2.18. The number of carbonyl (C=O) groups is 1. The molecule has 0 aromatic heterocycles. The SMILES string of the molecule is CCCCOC(=O)CCCOc1ccc(Cl)cc1Cl. The minimum absolute atomic E-state index is 0.181. The van der Waals surface area contributed by atoms with Crippen LogP contribution in [0.3, 0.4) is 0 Å². The van der Waals surface area contributed by atoms with E-state index in [4.69, 9.17) is 32.7 Å². The molecule has 0 aliphatic heterocycles. The van der Waals surface area contributed by atoms with Gasteiger partial charge in [0.1, 0.15) is 5.75 Å². The molecule has 0 radical (unpaired) electrons. The summed E-state index contributed by atoms with van der Waals surface area (Å²) in [5, 5.41) is 1.04. The molecular weight excluding hydrogens is 287 g/mol. The van der Waals surface area contributed by atoms with Gasteiger partial charge in [-0.2, -0.15) is 0 Å². The standard InChI is InChI=1S/C14H18Cl2O3/c1-2-3-8-19-14(17)5-4-9-18-13-7-6-11(15)10-12(13)16/h6-7,10H,2-5,8-9H2,1H3. The molecule has 0 spiro atoms. The second-order valence-corrected chi connectivity index (χ2v) is 4.94. The van der Waals surface area contributed by atoms with Crippen LogP contribution in [0.5, 0.6) is 5.75 Å². The van der Waals surface area contributed by atoms with Gasteiger partial charge in [0, 0.05) is 11.4 Å². The first-order valence-corrected chi connectivity index (χ1v) is 7.12. The summed E-state index contributed by atoms with van der Waals surface area (Å²) in [6.07, 6.45) is 2.88. The van der Waals surface area contributed by atoms with Crippen molar-refractivity contribution in [3.8, 4) is 5.75 Å². The molecule has 0 aliphatic carbocycles. The minimum Gasteiger partial charge on any atom is -0.492 e. The van der Waals surface area contributed by atoms with Crippen molar-refractivity contribution in [3.63, 3.8) is 0 Å². The van der Waals surface area contributed by atoms with Gasteiger partial charge in [-0.1, -0.05) is 36.5 Å². The average molecular weight is 305 g/mol. The molecule has 0 N–H and O–H groups in total. The van der Waals surface area contributed by atoms with E-state index in [0.717, 1.165) is 12.8 Å². The summed E-state index contributed by atoms with van der Waals surface area (Å²) in [6.45, 7) is 2.97. The maximum absolute atomic E-state index is 11.3. The van der Waals surface area contributed by atoms with Crippen LogP contribution in [0.25, 0.3) is 0 Å². The Bertz CT molecular complexity index is 408. The fourth-order valence-electron chi connectivity index (χ4n) is 1.39. The molecule has 1 aromatic carbocycles. The Morgan fingerprint density at radius 1 is 1.21 bits per heavy atom. The van der Waals surface area contributed by atoms with Gasteiger partial charge in [0.25, 0.3) is 0 Å². The van der Waals surface area contributed by atoms with Crippen LogP contribution in [0.1, 0.15) is 32.6 Å². The monoisotopic (exact) mass is 304 g/mol. The summed E-state index contributed by atoms with van der Waals surface area (Å²) in [5.74, 6) is 0.393. The third-order valence-corrected chi connectivity index (χ3v) is 2.97. The lowest BCUT2D eigenvalue weighted by molar-refractivity contribution is -0.144. The van der Waals surface area contributed by atoms with Gasteiger partial charge in [0.05, 0.1) is 18.2 Å². The molecule has 1 rings (SSSR count). The van der Waals surface area contributed by atoms with Gasteiger partial charge in [0.15, 0.2) is 0 Å². The number of benzene rings is 1. The third-order valence-electron chi connectivity index (χ3n) is 2.44. The molecule has 5 heteroatoms. The van der Waals surface area contributed by atoms with Crippen molar-refractivity contribution in [3.05, 3.63) is 28.2 Å². The highest BCUT2D eigenvalue weighted by atomic mass is 35.5. The van der Waals surface area contributed by atoms with E-state index in [1.807, 2.05) is 0 Å². The summed E-state index contributed by atoms with van der Waals surface area (Å²) in [6, 6.07) is 5.05. The molecule has 0 heterocycles. The summed E-state index contributed by atoms with van der Waals surface area (Å²) in [4.78, 5) is 11.3. The zero-order valence-corrected chi connectivity index (χ0v) is 12.5. The number of esters is 1. The van der Waals surface area contributed by atoms with E-state index < -0.39 is 0 Å². The van der Waals surface area contributed by atoms with Crippen molar-refractivity contribution in [1.82, 2.24) is 0 Å². The lowest BCUT2D eigenvalue weighted by atomic mass is 10.3. The van der Waals surface area contributed by atoms with Gasteiger partial charge in [-0.3, -0.25) is 4.79 Å². The van der Waals surface area contributed by atoms with Crippen LogP contribution in [0.2, 0.25) is 10.0 Å². The van der Waals surface area contributed by atoms with Gasteiger partial charge in [-0.15, -0.1) is 0 Å². The van der Waals surface area contributed by atoms with E-state index in [-0.39, 0.29) is 5.97 Å². The molecular formula is C14H18Cl2O3. The molecule has 0 fully saturated rings. The molecule has 0 saturated carbocycles. The highest BCUT2D eigenvalue weighted by Gasteiger charge is 2.05. The van der Waals surface area contributed by atoms with Crippen LogP contribution in [-0.4, -0.2) is 19.2 Å². The van der Waals surface area contributed by atoms with Gasteiger partial charge in [0.2, 0.25) is 0 Å². The Kier molecular flexibility index (Phi) is 7.68. The fraction of sp³-hybridized carbons (Fsp3) is 0.500. The van der Waals surface area contributed by atoms with Crippen molar-refractivity contribution >= 4 is 29.2 Å². The van der Waals surface area contributed by atoms with Crippen LogP contribution in [0, 0.1) is 0 Å². The smallest absolute Gasteiger partial charge is 0.305 e. The highest BCUT2D eigenvalue weighted by Crippen LogP contribution is 2.27. The first-order chi connectivity index (χ1) is 9.13. The minimum atomic E-state index is -0.181. The first kappa shape index (κ1) is 16.1. The average Bonchev–Trinajstić information content (AvgIpc) is 2.37. The zero-order chi connectivity index (χ0) is 14.1. The lowest BCUT2D eigenvalue weighted by Gasteiger charge is -2.08. The predicted molar refractivity (Wildman–Crippen MR) is 77.1 cm³/mol. The molecule has 0 aliphatic rings. The van der Waals surface area contributed by atoms with E-state index in [1.54, 1.807) is 18.2 Å². The molecule has 106 valence electrons. The number of carbonyl (C=O) groups excluding carboxylic acids is 1. The second-order valence-electron chi connectivity index (χ2n) is 4.10. The summed E-state index contributed by atoms with van der Waals surface area (Å²) in [5.41, 5.74) is 0. The van der Waals surface area contributed by atoms with Gasteiger partial charge in [-0.25, -0.2) is 0 Å². The number of ether oxygens (including phenoxy) is 2. The summed E-state index contributed by atoms with van der Waals surface area (Å²) < 4.78 is 10.5. The van der Waals surface area contributed by atoms with E-state index in [0.29, 0.717) is 41.9 Å². The molecule has 0 unspecified atom stereocenters. The predicted octanol–water partition coefficient (Wildman–Crippen LogP) is 4.50. The molecule has 0 saturated heterocycles. The fourth-order valence-corrected chi connectivity index (χ4v) is 1.86. The number of rotatable bonds is 8. The highest BCUT2D eigenvalue weighted by molar-refractivity contribution is 6.35. The Labute approximate surface area is 123 Å². The van der Waals surface area contributed by atoms with E-state index in [9.17, 15) is 4.79 Å². The van der Waals surface area contributed by atoms with Crippen molar-refractivity contribution in [2.75, 3.05) is 13.2 Å². The molecule has 3 nitrogen and oxygen atoms in total. The van der Waals surface area contributed by atoms with Crippen molar-refractivity contribution in [2.45, 2.75) is 32.6 Å². The third kappa shape index (κ3) is 6.69. The largest absolute Gasteiger partial charge is 0.492 e. The maximum atomic E-state index is 11.3. The molecule has 0 atom stereocenters. The summed E-state index contributed by atoms with van der Waals surface area (Å²) in [7, 11) is 0. The van der Waals surface area contributed by atoms with Crippen LogP contribution in [0.4, 0.5) is 0 Å². The molecule has 1 aromatic rings. The maximum Gasteiger partial charge on any atom is 0.305 e. The van der Waals surface area contributed by atoms with Crippen LogP contribution in [-0.2, 0) is 9.53 Å². The zero-order valence-electron chi connectivity index (χ0n) is 11.0. The quantitative estimate of drug-likeness (QED) is 0.524. The van der Waals surface area contributed by atoms with Crippen molar-refractivity contribution in [2.24, 2.45) is 0 Å². The van der Waals surface area contributed by atoms with Crippen LogP contribution < -0.4 is 4.74 Å². The number of hydrogen-bond donors (Lipinski definition) is 0. The Hall–Kier alpha value is -0.930. The van der Waals surface area contributed by atoms with Crippen LogP contribution >= 0.6 is 23.2 Å². The number of hydrogen-bond acceptors (Lipinski definition) is 3. The van der Waals surface area contributed by atoms with Crippen LogP contribution in [0.15, 0.2) is 18.2 Å². The summed E-state index contributed by atoms with van der Waals surface area (Å²) >= 11 is 11.7. The van der Waals surface area contributed by atoms with Gasteiger partial charge in [-0.05, 0) is 31.0 Å². The number of unbranched alkanes of at least 4 members (excludes halogenated alkanes) is 1. The molecule has 0 amide bonds. The molecule has 0 bridgehead atoms. The molecule has 19 heavy (non-hydrogen) atoms. The van der Waals surface area contributed by atoms with Crippen molar-refractivity contribution in [1.29, 1.82) is 0 Å². The van der Waals surface area contributed by atoms with Gasteiger partial charge < -0.3 is 9.47 Å². The van der Waals surface area contributed by atoms with E-state index in [1.165, 1.54) is 0 Å².